The highest BCUT2D eigenvalue weighted by Crippen LogP contribution is 2.26. The Labute approximate surface area is 127 Å². The summed E-state index contributed by atoms with van der Waals surface area (Å²) in [5.74, 6) is 0.991. The first kappa shape index (κ1) is 12.5. The van der Waals surface area contributed by atoms with Crippen LogP contribution in [0.5, 0.6) is 0 Å². The monoisotopic (exact) mass is 295 g/mol. The van der Waals surface area contributed by atoms with Crippen molar-refractivity contribution < 1.29 is 0 Å². The van der Waals surface area contributed by atoms with Gasteiger partial charge in [0.1, 0.15) is 5.84 Å². The summed E-state index contributed by atoms with van der Waals surface area (Å²) in [6.07, 6.45) is 0. The van der Waals surface area contributed by atoms with Crippen LogP contribution in [0.25, 0.3) is 22.2 Å². The van der Waals surface area contributed by atoms with Crippen molar-refractivity contribution in [3.05, 3.63) is 59.1 Å². The normalized spacial score (nSPS) is 14.2. The van der Waals surface area contributed by atoms with Crippen LogP contribution in [0.4, 0.5) is 0 Å². The molecule has 2 N–H and O–H groups in total. The molecule has 104 valence electrons. The molecule has 0 saturated carbocycles. The molecule has 0 atom stereocenters. The highest BCUT2D eigenvalue weighted by Gasteiger charge is 2.09. The molecule has 0 aliphatic carbocycles. The lowest BCUT2D eigenvalue weighted by Gasteiger charge is -2.03. The van der Waals surface area contributed by atoms with Crippen molar-refractivity contribution in [2.75, 3.05) is 13.1 Å². The highest BCUT2D eigenvalue weighted by atomic mass is 35.5. The van der Waals surface area contributed by atoms with Crippen molar-refractivity contribution in [2.24, 2.45) is 4.99 Å². The molecule has 0 bridgehead atoms. The summed E-state index contributed by atoms with van der Waals surface area (Å²) >= 11 is 6.03. The number of aromatic nitrogens is 1. The third-order valence-electron chi connectivity index (χ3n) is 3.73. The highest BCUT2D eigenvalue weighted by molar-refractivity contribution is 6.31. The van der Waals surface area contributed by atoms with Crippen molar-refractivity contribution >= 4 is 28.3 Å². The molecule has 1 aliphatic rings. The number of benzene rings is 2. The van der Waals surface area contributed by atoms with Gasteiger partial charge in [-0.3, -0.25) is 4.99 Å². The summed E-state index contributed by atoms with van der Waals surface area (Å²) in [5.41, 5.74) is 4.49. The standard InChI is InChI=1S/C17H14ClN3/c18-14-5-6-15-13(9-14)10-16(21-15)11-1-3-12(4-2-11)17-19-7-8-20-17/h1-6,9-10,21H,7-8H2,(H,19,20). The van der Waals surface area contributed by atoms with Gasteiger partial charge in [-0.15, -0.1) is 0 Å². The minimum absolute atomic E-state index is 0.758. The Balaban J connectivity index is 1.71. The Kier molecular flexibility index (Phi) is 2.93. The molecule has 4 rings (SSSR count). The Morgan fingerprint density at radius 3 is 2.52 bits per heavy atom. The average Bonchev–Trinajstić information content (AvgIpc) is 3.16. The SMILES string of the molecule is Clc1ccc2[nH]c(-c3ccc(C4=NCCN4)cc3)cc2c1. The third kappa shape index (κ3) is 2.30. The van der Waals surface area contributed by atoms with E-state index in [1.54, 1.807) is 0 Å². The van der Waals surface area contributed by atoms with Gasteiger partial charge in [0.25, 0.3) is 0 Å². The average molecular weight is 296 g/mol. The molecule has 0 unspecified atom stereocenters. The molecule has 4 heteroatoms. The van der Waals surface area contributed by atoms with Gasteiger partial charge in [0.2, 0.25) is 0 Å². The van der Waals surface area contributed by atoms with Gasteiger partial charge in [-0.1, -0.05) is 35.9 Å². The van der Waals surface area contributed by atoms with Crippen molar-refractivity contribution in [3.63, 3.8) is 0 Å². The molecule has 0 amide bonds. The summed E-state index contributed by atoms with van der Waals surface area (Å²) in [6, 6.07) is 16.4. The third-order valence-corrected chi connectivity index (χ3v) is 3.96. The number of halogens is 1. The summed E-state index contributed by atoms with van der Waals surface area (Å²) in [6.45, 7) is 1.79. The topological polar surface area (TPSA) is 40.2 Å². The molecular formula is C17H14ClN3. The van der Waals surface area contributed by atoms with Crippen LogP contribution in [0.1, 0.15) is 5.56 Å². The predicted molar refractivity (Wildman–Crippen MR) is 88.2 cm³/mol. The molecule has 3 aromatic rings. The van der Waals surface area contributed by atoms with Crippen molar-refractivity contribution in [1.29, 1.82) is 0 Å². The van der Waals surface area contributed by atoms with E-state index in [-0.39, 0.29) is 0 Å². The van der Waals surface area contributed by atoms with E-state index in [4.69, 9.17) is 11.6 Å². The number of aromatic amines is 1. The van der Waals surface area contributed by atoms with Crippen LogP contribution < -0.4 is 5.32 Å². The van der Waals surface area contributed by atoms with Gasteiger partial charge in [-0.2, -0.15) is 0 Å². The van der Waals surface area contributed by atoms with Gasteiger partial charge < -0.3 is 10.3 Å². The maximum atomic E-state index is 6.03. The van der Waals surface area contributed by atoms with E-state index in [1.807, 2.05) is 18.2 Å². The number of hydrogen-bond acceptors (Lipinski definition) is 2. The maximum absolute atomic E-state index is 6.03. The van der Waals surface area contributed by atoms with Crippen LogP contribution in [0.3, 0.4) is 0 Å². The number of amidine groups is 1. The van der Waals surface area contributed by atoms with E-state index in [9.17, 15) is 0 Å². The molecular weight excluding hydrogens is 282 g/mol. The minimum Gasteiger partial charge on any atom is -0.368 e. The van der Waals surface area contributed by atoms with Crippen molar-refractivity contribution in [3.8, 4) is 11.3 Å². The van der Waals surface area contributed by atoms with E-state index < -0.39 is 0 Å². The Morgan fingerprint density at radius 1 is 0.952 bits per heavy atom. The van der Waals surface area contributed by atoms with Gasteiger partial charge in [0.15, 0.2) is 0 Å². The second-order valence-corrected chi connectivity index (χ2v) is 5.59. The second-order valence-electron chi connectivity index (χ2n) is 5.15. The van der Waals surface area contributed by atoms with E-state index in [0.29, 0.717) is 0 Å². The van der Waals surface area contributed by atoms with Crippen LogP contribution in [0.2, 0.25) is 5.02 Å². The fourth-order valence-electron chi connectivity index (χ4n) is 2.66. The van der Waals surface area contributed by atoms with Crippen LogP contribution in [0.15, 0.2) is 53.5 Å². The largest absolute Gasteiger partial charge is 0.368 e. The number of rotatable bonds is 2. The minimum atomic E-state index is 0.758. The Morgan fingerprint density at radius 2 is 1.76 bits per heavy atom. The zero-order chi connectivity index (χ0) is 14.2. The number of nitrogens with zero attached hydrogens (tertiary/aromatic N) is 1. The summed E-state index contributed by atoms with van der Waals surface area (Å²) in [5, 5.41) is 5.17. The summed E-state index contributed by atoms with van der Waals surface area (Å²) < 4.78 is 0. The molecule has 21 heavy (non-hydrogen) atoms. The number of aliphatic imine (C=N–C) groups is 1. The molecule has 3 nitrogen and oxygen atoms in total. The van der Waals surface area contributed by atoms with Crippen LogP contribution in [-0.4, -0.2) is 23.9 Å². The van der Waals surface area contributed by atoms with Crippen LogP contribution in [0, 0.1) is 0 Å². The van der Waals surface area contributed by atoms with Gasteiger partial charge in [0, 0.05) is 33.7 Å². The Bertz CT molecular complexity index is 831. The quantitative estimate of drug-likeness (QED) is 0.741. The fourth-order valence-corrected chi connectivity index (χ4v) is 2.84. The zero-order valence-electron chi connectivity index (χ0n) is 11.4. The predicted octanol–water partition coefficient (Wildman–Crippen LogP) is 3.84. The second kappa shape index (κ2) is 4.93. The van der Waals surface area contributed by atoms with Crippen LogP contribution >= 0.6 is 11.6 Å². The lowest BCUT2D eigenvalue weighted by atomic mass is 10.1. The summed E-state index contributed by atoms with van der Waals surface area (Å²) in [4.78, 5) is 7.86. The molecule has 0 spiro atoms. The maximum Gasteiger partial charge on any atom is 0.128 e. The molecule has 2 aromatic carbocycles. The van der Waals surface area contributed by atoms with Gasteiger partial charge in [0.05, 0.1) is 6.54 Å². The molecule has 0 radical (unpaired) electrons. The molecule has 1 aliphatic heterocycles. The molecule has 2 heterocycles. The van der Waals surface area contributed by atoms with E-state index in [0.717, 1.165) is 51.7 Å². The number of H-pyrrole nitrogens is 1. The first-order chi connectivity index (χ1) is 10.3. The number of fused-ring (bicyclic) bond motifs is 1. The fraction of sp³-hybridized carbons (Fsp3) is 0.118. The zero-order valence-corrected chi connectivity index (χ0v) is 12.1. The Hall–Kier alpha value is -2.26. The number of nitrogens with one attached hydrogen (secondary N) is 2. The van der Waals surface area contributed by atoms with Gasteiger partial charge in [-0.05, 0) is 29.8 Å². The lowest BCUT2D eigenvalue weighted by molar-refractivity contribution is 0.960. The van der Waals surface area contributed by atoms with E-state index >= 15 is 0 Å². The first-order valence-electron chi connectivity index (χ1n) is 6.97. The van der Waals surface area contributed by atoms with Gasteiger partial charge in [-0.25, -0.2) is 0 Å². The van der Waals surface area contributed by atoms with E-state index in [2.05, 4.69) is 45.6 Å². The van der Waals surface area contributed by atoms with Crippen molar-refractivity contribution in [2.45, 2.75) is 0 Å². The molecule has 1 aromatic heterocycles. The molecule has 0 saturated heterocycles. The number of hydrogen-bond donors (Lipinski definition) is 2. The van der Waals surface area contributed by atoms with Crippen molar-refractivity contribution in [1.82, 2.24) is 10.3 Å². The first-order valence-corrected chi connectivity index (χ1v) is 7.35. The lowest BCUT2D eigenvalue weighted by Crippen LogP contribution is -2.19. The molecule has 0 fully saturated rings. The van der Waals surface area contributed by atoms with E-state index in [1.165, 1.54) is 0 Å². The van der Waals surface area contributed by atoms with Crippen LogP contribution in [-0.2, 0) is 0 Å². The van der Waals surface area contributed by atoms with Gasteiger partial charge >= 0.3 is 0 Å². The smallest absolute Gasteiger partial charge is 0.128 e. The summed E-state index contributed by atoms with van der Waals surface area (Å²) in [7, 11) is 0.